The molecule has 1 fully saturated rings. The van der Waals surface area contributed by atoms with Crippen molar-refractivity contribution in [3.05, 3.63) is 29.0 Å². The molecule has 8 heteroatoms. The Morgan fingerprint density at radius 1 is 1.57 bits per heavy atom. The Morgan fingerprint density at radius 2 is 2.43 bits per heavy atom. The van der Waals surface area contributed by atoms with Crippen LogP contribution < -0.4 is 5.32 Å². The molecule has 7 nitrogen and oxygen atoms in total. The largest absolute Gasteiger partial charge is 0.378 e. The molecular weight excluding hydrogens is 314 g/mol. The first-order valence-corrected chi connectivity index (χ1v) is 8.49. The molecule has 1 saturated heterocycles. The number of hydrogen-bond acceptors (Lipinski definition) is 5. The summed E-state index contributed by atoms with van der Waals surface area (Å²) < 4.78 is 6.85. The molecule has 3 heterocycles. The summed E-state index contributed by atoms with van der Waals surface area (Å²) in [6.07, 6.45) is 5.92. The van der Waals surface area contributed by atoms with Crippen LogP contribution in [0.3, 0.4) is 0 Å². The van der Waals surface area contributed by atoms with Crippen molar-refractivity contribution in [1.82, 2.24) is 19.7 Å². The van der Waals surface area contributed by atoms with E-state index in [0.717, 1.165) is 31.6 Å². The number of nitrogens with one attached hydrogen (secondary N) is 1. The summed E-state index contributed by atoms with van der Waals surface area (Å²) in [6.45, 7) is 2.02. The minimum Gasteiger partial charge on any atom is -0.378 e. The maximum Gasteiger partial charge on any atom is 0.323 e. The number of carbonyl (C=O) groups is 1. The van der Waals surface area contributed by atoms with Crippen molar-refractivity contribution in [3.8, 4) is 0 Å². The Bertz CT molecular complexity index is 668. The van der Waals surface area contributed by atoms with Crippen molar-refractivity contribution in [2.45, 2.75) is 19.4 Å². The van der Waals surface area contributed by atoms with Gasteiger partial charge in [0.2, 0.25) is 0 Å². The average Bonchev–Trinajstić information content (AvgIpc) is 3.23. The van der Waals surface area contributed by atoms with Crippen LogP contribution in [-0.2, 0) is 24.8 Å². The molecule has 1 aliphatic rings. The number of methoxy groups -OCH3 is 1. The number of rotatable bonds is 5. The van der Waals surface area contributed by atoms with Crippen LogP contribution >= 0.6 is 11.3 Å². The Kier molecular flexibility index (Phi) is 4.92. The van der Waals surface area contributed by atoms with E-state index in [1.807, 2.05) is 34.4 Å². The van der Waals surface area contributed by atoms with E-state index in [0.29, 0.717) is 17.7 Å². The molecule has 1 atom stereocenters. The second kappa shape index (κ2) is 7.10. The number of hydrogen-bond donors (Lipinski definition) is 1. The molecule has 0 saturated carbocycles. The van der Waals surface area contributed by atoms with Crippen LogP contribution in [0.25, 0.3) is 0 Å². The van der Waals surface area contributed by atoms with E-state index in [1.165, 1.54) is 16.9 Å². The number of likely N-dealkylation sites (tertiary alicyclic amines) is 1. The smallest absolute Gasteiger partial charge is 0.323 e. The number of amides is 2. The fraction of sp³-hybridized carbons (Fsp3) is 0.533. The maximum atomic E-state index is 12.3. The third-order valence-corrected chi connectivity index (χ3v) is 4.72. The monoisotopic (exact) mass is 335 g/mol. The number of ether oxygens (including phenoxy) is 1. The lowest BCUT2D eigenvalue weighted by Crippen LogP contribution is -2.33. The molecule has 0 aromatic carbocycles. The van der Waals surface area contributed by atoms with E-state index in [2.05, 4.69) is 15.4 Å². The van der Waals surface area contributed by atoms with Crippen LogP contribution in [0.1, 0.15) is 17.7 Å². The number of urea groups is 1. The number of thiazole rings is 1. The Labute approximate surface area is 139 Å². The molecule has 0 spiro atoms. The van der Waals surface area contributed by atoms with Crippen molar-refractivity contribution < 1.29 is 9.53 Å². The van der Waals surface area contributed by atoms with Gasteiger partial charge in [0.15, 0.2) is 5.13 Å². The minimum atomic E-state index is -0.0722. The first-order valence-electron chi connectivity index (χ1n) is 7.61. The normalized spacial score (nSPS) is 17.7. The van der Waals surface area contributed by atoms with Gasteiger partial charge < -0.3 is 9.64 Å². The van der Waals surface area contributed by atoms with Crippen LogP contribution in [0.15, 0.2) is 17.8 Å². The fourth-order valence-electron chi connectivity index (χ4n) is 2.84. The van der Waals surface area contributed by atoms with Gasteiger partial charge in [-0.25, -0.2) is 9.78 Å². The van der Waals surface area contributed by atoms with E-state index >= 15 is 0 Å². The van der Waals surface area contributed by atoms with Crippen LogP contribution in [0, 0.1) is 5.92 Å². The molecule has 3 rings (SSSR count). The highest BCUT2D eigenvalue weighted by Gasteiger charge is 2.27. The first-order chi connectivity index (χ1) is 11.1. The molecule has 2 amide bonds. The lowest BCUT2D eigenvalue weighted by atomic mass is 10.0. The van der Waals surface area contributed by atoms with E-state index in [-0.39, 0.29) is 6.03 Å². The van der Waals surface area contributed by atoms with Gasteiger partial charge in [-0.3, -0.25) is 10.00 Å². The number of carbonyl (C=O) groups excluding carboxylic acids is 1. The van der Waals surface area contributed by atoms with Gasteiger partial charge in [-0.15, -0.1) is 11.3 Å². The highest BCUT2D eigenvalue weighted by Crippen LogP contribution is 2.22. The summed E-state index contributed by atoms with van der Waals surface area (Å²) in [5, 5.41) is 9.59. The number of aryl methyl sites for hydroxylation is 1. The lowest BCUT2D eigenvalue weighted by Gasteiger charge is -2.16. The van der Waals surface area contributed by atoms with Crippen LogP contribution in [-0.4, -0.2) is 45.9 Å². The quantitative estimate of drug-likeness (QED) is 0.908. The predicted molar refractivity (Wildman–Crippen MR) is 88.4 cm³/mol. The predicted octanol–water partition coefficient (Wildman–Crippen LogP) is 2.12. The summed E-state index contributed by atoms with van der Waals surface area (Å²) >= 11 is 1.42. The lowest BCUT2D eigenvalue weighted by molar-refractivity contribution is 0.182. The van der Waals surface area contributed by atoms with Crippen LogP contribution in [0.5, 0.6) is 0 Å². The van der Waals surface area contributed by atoms with E-state index < -0.39 is 0 Å². The Hall–Kier alpha value is -1.93. The minimum absolute atomic E-state index is 0.0722. The van der Waals surface area contributed by atoms with Crippen molar-refractivity contribution in [2.24, 2.45) is 13.0 Å². The Balaban J connectivity index is 1.50. The molecular formula is C15H21N5O2S. The van der Waals surface area contributed by atoms with Crippen LogP contribution in [0.2, 0.25) is 0 Å². The van der Waals surface area contributed by atoms with E-state index in [1.54, 1.807) is 7.11 Å². The summed E-state index contributed by atoms with van der Waals surface area (Å²) in [6, 6.07) is -0.0722. The highest BCUT2D eigenvalue weighted by molar-refractivity contribution is 7.13. The Morgan fingerprint density at radius 3 is 3.17 bits per heavy atom. The summed E-state index contributed by atoms with van der Waals surface area (Å²) in [5.74, 6) is 0.491. The topological polar surface area (TPSA) is 72.3 Å². The van der Waals surface area contributed by atoms with Gasteiger partial charge >= 0.3 is 6.03 Å². The highest BCUT2D eigenvalue weighted by atomic mass is 32.1. The van der Waals surface area contributed by atoms with Crippen LogP contribution in [0.4, 0.5) is 9.93 Å². The molecule has 0 bridgehead atoms. The molecule has 0 aliphatic carbocycles. The molecule has 0 radical (unpaired) electrons. The van der Waals surface area contributed by atoms with Crippen molar-refractivity contribution in [1.29, 1.82) is 0 Å². The van der Waals surface area contributed by atoms with Gasteiger partial charge in [0.05, 0.1) is 18.5 Å². The van der Waals surface area contributed by atoms with Crippen molar-refractivity contribution >= 4 is 22.5 Å². The molecule has 1 aliphatic heterocycles. The zero-order valence-corrected chi connectivity index (χ0v) is 14.2. The zero-order valence-electron chi connectivity index (χ0n) is 13.4. The van der Waals surface area contributed by atoms with Gasteiger partial charge in [-0.2, -0.15) is 5.10 Å². The maximum absolute atomic E-state index is 12.3. The van der Waals surface area contributed by atoms with Gasteiger partial charge in [-0.05, 0) is 24.3 Å². The molecule has 124 valence electrons. The van der Waals surface area contributed by atoms with Gasteiger partial charge in [0, 0.05) is 38.8 Å². The number of nitrogens with zero attached hydrogens (tertiary/aromatic N) is 4. The van der Waals surface area contributed by atoms with Gasteiger partial charge in [-0.1, -0.05) is 0 Å². The van der Waals surface area contributed by atoms with Gasteiger partial charge in [0.1, 0.15) is 0 Å². The number of aromatic nitrogens is 3. The third-order valence-electron chi connectivity index (χ3n) is 3.91. The van der Waals surface area contributed by atoms with Crippen molar-refractivity contribution in [2.75, 3.05) is 25.5 Å². The molecule has 1 N–H and O–H groups in total. The molecule has 23 heavy (non-hydrogen) atoms. The fourth-order valence-corrected chi connectivity index (χ4v) is 3.53. The second-order valence-electron chi connectivity index (χ2n) is 5.83. The SMILES string of the molecule is COCc1csc(NC(=O)N2CCC(Cc3cnn(C)c3)C2)n1. The van der Waals surface area contributed by atoms with Crippen molar-refractivity contribution in [3.63, 3.8) is 0 Å². The standard InChI is InChI=1S/C15H21N5O2S/c1-19-7-12(6-16-19)5-11-3-4-20(8-11)15(21)18-14-17-13(9-22-2)10-23-14/h6-7,10-11H,3-5,8-9H2,1-2H3,(H,17,18,21). The summed E-state index contributed by atoms with van der Waals surface area (Å²) in [4.78, 5) is 18.5. The van der Waals surface area contributed by atoms with Gasteiger partial charge in [0.25, 0.3) is 0 Å². The molecule has 2 aromatic heterocycles. The second-order valence-corrected chi connectivity index (χ2v) is 6.69. The average molecular weight is 335 g/mol. The summed E-state index contributed by atoms with van der Waals surface area (Å²) in [7, 11) is 3.55. The zero-order chi connectivity index (χ0) is 16.2. The first kappa shape index (κ1) is 15.9. The summed E-state index contributed by atoms with van der Waals surface area (Å²) in [5.41, 5.74) is 2.06. The van der Waals surface area contributed by atoms with E-state index in [9.17, 15) is 4.79 Å². The van der Waals surface area contributed by atoms with E-state index in [4.69, 9.17) is 4.74 Å². The third kappa shape index (κ3) is 4.08. The number of anilines is 1. The molecule has 2 aromatic rings. The molecule has 1 unspecified atom stereocenters.